The molecule has 0 spiro atoms. The van der Waals surface area contributed by atoms with Crippen LogP contribution in [-0.4, -0.2) is 22.8 Å². The zero-order valence-corrected chi connectivity index (χ0v) is 14.0. The number of alkyl halides is 1. The van der Waals surface area contributed by atoms with Gasteiger partial charge < -0.3 is 0 Å². The van der Waals surface area contributed by atoms with E-state index in [9.17, 15) is 8.78 Å². The van der Waals surface area contributed by atoms with E-state index in [4.69, 9.17) is 0 Å². The summed E-state index contributed by atoms with van der Waals surface area (Å²) in [5.74, 6) is -0.969. The Kier molecular flexibility index (Phi) is 5.37. The first-order valence-electron chi connectivity index (χ1n) is 6.47. The second-order valence-corrected chi connectivity index (χ2v) is 7.14. The molecule has 1 aliphatic carbocycles. The summed E-state index contributed by atoms with van der Waals surface area (Å²) in [5.41, 5.74) is 0.141. The number of nitrogens with zero attached hydrogens (tertiary/aromatic N) is 1. The van der Waals surface area contributed by atoms with Crippen molar-refractivity contribution in [1.29, 1.82) is 0 Å². The molecule has 0 aromatic heterocycles. The van der Waals surface area contributed by atoms with Gasteiger partial charge in [-0.3, -0.25) is 4.90 Å². The van der Waals surface area contributed by atoms with E-state index in [2.05, 4.69) is 31.9 Å². The number of hydrogen-bond acceptors (Lipinski definition) is 1. The molecule has 1 saturated carbocycles. The highest BCUT2D eigenvalue weighted by molar-refractivity contribution is 9.10. The molecule has 2 rings (SSSR count). The van der Waals surface area contributed by atoms with Crippen molar-refractivity contribution in [3.63, 3.8) is 0 Å². The molecule has 0 N–H and O–H groups in total. The SMILES string of the molecule is CN(Cc1c(F)ccc(Br)c1F)C1CCCCC1Br. The number of rotatable bonds is 3. The van der Waals surface area contributed by atoms with Crippen molar-refractivity contribution in [2.24, 2.45) is 0 Å². The minimum absolute atomic E-state index is 0.141. The highest BCUT2D eigenvalue weighted by atomic mass is 79.9. The van der Waals surface area contributed by atoms with E-state index >= 15 is 0 Å². The van der Waals surface area contributed by atoms with Crippen LogP contribution in [-0.2, 0) is 6.54 Å². The summed E-state index contributed by atoms with van der Waals surface area (Å²) in [6, 6.07) is 3.05. The van der Waals surface area contributed by atoms with Crippen LogP contribution in [0.5, 0.6) is 0 Å². The molecule has 0 bridgehead atoms. The van der Waals surface area contributed by atoms with Gasteiger partial charge in [-0.1, -0.05) is 28.8 Å². The fourth-order valence-corrected chi connectivity index (χ4v) is 4.01. The molecular weight excluding hydrogens is 380 g/mol. The first-order chi connectivity index (χ1) is 9.00. The Morgan fingerprint density at radius 3 is 2.63 bits per heavy atom. The predicted octanol–water partition coefficient (Wildman–Crippen LogP) is 4.87. The Labute approximate surface area is 129 Å². The van der Waals surface area contributed by atoms with Gasteiger partial charge in [-0.05, 0) is 48.0 Å². The van der Waals surface area contributed by atoms with Gasteiger partial charge in [0.05, 0.1) is 4.47 Å². The van der Waals surface area contributed by atoms with Gasteiger partial charge in [-0.15, -0.1) is 0 Å². The first-order valence-corrected chi connectivity index (χ1v) is 8.18. The van der Waals surface area contributed by atoms with Crippen LogP contribution in [0.4, 0.5) is 8.78 Å². The molecule has 5 heteroatoms. The molecule has 0 saturated heterocycles. The van der Waals surface area contributed by atoms with Crippen LogP contribution in [0.25, 0.3) is 0 Å². The molecule has 0 heterocycles. The smallest absolute Gasteiger partial charge is 0.144 e. The average molecular weight is 397 g/mol. The zero-order chi connectivity index (χ0) is 14.0. The lowest BCUT2D eigenvalue weighted by Gasteiger charge is -2.35. The summed E-state index contributed by atoms with van der Waals surface area (Å²) in [6.07, 6.45) is 4.60. The molecule has 0 aliphatic heterocycles. The molecule has 106 valence electrons. The van der Waals surface area contributed by atoms with Gasteiger partial charge in [-0.25, -0.2) is 8.78 Å². The minimum atomic E-state index is -0.492. The van der Waals surface area contributed by atoms with E-state index in [0.717, 1.165) is 12.8 Å². The van der Waals surface area contributed by atoms with Gasteiger partial charge in [0.25, 0.3) is 0 Å². The molecule has 2 atom stereocenters. The molecule has 0 radical (unpaired) electrons. The molecule has 1 fully saturated rings. The molecule has 1 aromatic carbocycles. The second-order valence-electron chi connectivity index (χ2n) is 5.10. The third kappa shape index (κ3) is 3.56. The van der Waals surface area contributed by atoms with E-state index in [0.29, 0.717) is 21.9 Å². The largest absolute Gasteiger partial charge is 0.298 e. The standard InChI is InChI=1S/C14H17Br2F2N/c1-19(13-5-3-2-4-10(13)15)8-9-12(17)7-6-11(16)14(9)18/h6-7,10,13H,2-5,8H2,1H3. The summed E-state index contributed by atoms with van der Waals surface area (Å²) < 4.78 is 28.0. The average Bonchev–Trinajstić information content (AvgIpc) is 2.39. The van der Waals surface area contributed by atoms with E-state index in [-0.39, 0.29) is 5.56 Å². The zero-order valence-electron chi connectivity index (χ0n) is 10.8. The molecule has 2 unspecified atom stereocenters. The summed E-state index contributed by atoms with van der Waals surface area (Å²) in [4.78, 5) is 2.46. The van der Waals surface area contributed by atoms with Crippen molar-refractivity contribution >= 4 is 31.9 Å². The Balaban J connectivity index is 2.14. The Morgan fingerprint density at radius 2 is 1.95 bits per heavy atom. The molecule has 1 nitrogen and oxygen atoms in total. The highest BCUT2D eigenvalue weighted by Crippen LogP contribution is 2.30. The van der Waals surface area contributed by atoms with Crippen molar-refractivity contribution in [2.75, 3.05) is 7.05 Å². The minimum Gasteiger partial charge on any atom is -0.298 e. The lowest BCUT2D eigenvalue weighted by atomic mass is 9.94. The lowest BCUT2D eigenvalue weighted by Crippen LogP contribution is -2.40. The quantitative estimate of drug-likeness (QED) is 0.520. The van der Waals surface area contributed by atoms with Crippen molar-refractivity contribution in [3.8, 4) is 0 Å². The fourth-order valence-electron chi connectivity index (χ4n) is 2.64. The van der Waals surface area contributed by atoms with Crippen molar-refractivity contribution in [2.45, 2.75) is 43.1 Å². The number of hydrogen-bond donors (Lipinski definition) is 0. The fraction of sp³-hybridized carbons (Fsp3) is 0.571. The summed E-state index contributed by atoms with van der Waals surface area (Å²) in [6.45, 7) is 0.296. The Morgan fingerprint density at radius 1 is 1.26 bits per heavy atom. The highest BCUT2D eigenvalue weighted by Gasteiger charge is 2.27. The van der Waals surface area contributed by atoms with E-state index in [1.165, 1.54) is 25.0 Å². The maximum atomic E-state index is 14.0. The van der Waals surface area contributed by atoms with Crippen LogP contribution < -0.4 is 0 Å². The topological polar surface area (TPSA) is 3.24 Å². The molecule has 1 aliphatic rings. The molecular formula is C14H17Br2F2N. The van der Waals surface area contributed by atoms with Gasteiger partial charge in [0.1, 0.15) is 11.6 Å². The third-order valence-corrected chi connectivity index (χ3v) is 5.44. The summed E-state index contributed by atoms with van der Waals surface area (Å²) >= 11 is 6.79. The summed E-state index contributed by atoms with van der Waals surface area (Å²) in [5, 5.41) is 0. The second kappa shape index (κ2) is 6.64. The Bertz CT molecular complexity index is 453. The van der Waals surface area contributed by atoms with Crippen LogP contribution in [0.2, 0.25) is 0 Å². The molecule has 1 aromatic rings. The van der Waals surface area contributed by atoms with Gasteiger partial charge in [0, 0.05) is 23.0 Å². The number of halogens is 4. The van der Waals surface area contributed by atoms with Gasteiger partial charge in [-0.2, -0.15) is 0 Å². The number of benzene rings is 1. The van der Waals surface area contributed by atoms with Crippen molar-refractivity contribution < 1.29 is 8.78 Å². The molecule has 19 heavy (non-hydrogen) atoms. The van der Waals surface area contributed by atoms with Gasteiger partial charge >= 0.3 is 0 Å². The van der Waals surface area contributed by atoms with Crippen LogP contribution in [0, 0.1) is 11.6 Å². The van der Waals surface area contributed by atoms with E-state index in [1.807, 2.05) is 11.9 Å². The predicted molar refractivity (Wildman–Crippen MR) is 80.5 cm³/mol. The first kappa shape index (κ1) is 15.4. The maximum absolute atomic E-state index is 14.0. The molecule has 0 amide bonds. The van der Waals surface area contributed by atoms with Gasteiger partial charge in [0.15, 0.2) is 0 Å². The summed E-state index contributed by atoms with van der Waals surface area (Å²) in [7, 11) is 1.93. The van der Waals surface area contributed by atoms with E-state index in [1.54, 1.807) is 0 Å². The maximum Gasteiger partial charge on any atom is 0.144 e. The normalized spacial score (nSPS) is 23.9. The lowest BCUT2D eigenvalue weighted by molar-refractivity contribution is 0.188. The van der Waals surface area contributed by atoms with Crippen LogP contribution in [0.3, 0.4) is 0 Å². The van der Waals surface area contributed by atoms with Crippen molar-refractivity contribution in [3.05, 3.63) is 33.8 Å². The van der Waals surface area contributed by atoms with Gasteiger partial charge in [0.2, 0.25) is 0 Å². The van der Waals surface area contributed by atoms with Crippen molar-refractivity contribution in [1.82, 2.24) is 4.90 Å². The van der Waals surface area contributed by atoms with E-state index < -0.39 is 11.6 Å². The van der Waals surface area contributed by atoms with Crippen LogP contribution in [0.15, 0.2) is 16.6 Å². The van der Waals surface area contributed by atoms with Crippen LogP contribution >= 0.6 is 31.9 Å². The third-order valence-electron chi connectivity index (χ3n) is 3.76. The van der Waals surface area contributed by atoms with Crippen LogP contribution in [0.1, 0.15) is 31.2 Å². The Hall–Kier alpha value is -0.0000000000000000555. The monoisotopic (exact) mass is 395 g/mol.